The molecule has 0 saturated carbocycles. The van der Waals surface area contributed by atoms with Crippen molar-refractivity contribution in [1.29, 1.82) is 0 Å². The van der Waals surface area contributed by atoms with Crippen LogP contribution in [-0.2, 0) is 0 Å². The lowest BCUT2D eigenvalue weighted by Gasteiger charge is -2.18. The van der Waals surface area contributed by atoms with Crippen LogP contribution >= 0.6 is 11.3 Å². The number of hydrogen-bond acceptors (Lipinski definition) is 6. The van der Waals surface area contributed by atoms with Crippen molar-refractivity contribution in [1.82, 2.24) is 20.0 Å². The Bertz CT molecular complexity index is 408. The number of carbonyl (C=O) groups excluding carboxylic acids is 1. The molecule has 1 aromatic rings. The Morgan fingerprint density at radius 1 is 1.33 bits per heavy atom. The Hall–Kier alpha value is -1.21. The topological polar surface area (TPSA) is 61.4 Å². The maximum absolute atomic E-state index is 12.3. The van der Waals surface area contributed by atoms with Crippen LogP contribution in [0.15, 0.2) is 0 Å². The van der Waals surface area contributed by atoms with Gasteiger partial charge in [-0.25, -0.2) is 0 Å². The smallest absolute Gasteiger partial charge is 0.284 e. The van der Waals surface area contributed by atoms with Gasteiger partial charge in [-0.15, -0.1) is 10.2 Å². The fourth-order valence-electron chi connectivity index (χ4n) is 1.92. The molecule has 1 fully saturated rings. The number of nitrogens with zero attached hydrogens (tertiary/aromatic N) is 4. The van der Waals surface area contributed by atoms with E-state index < -0.39 is 0 Å². The number of carbonyl (C=O) groups is 1. The Kier molecular flexibility index (Phi) is 4.48. The van der Waals surface area contributed by atoms with Crippen LogP contribution in [0.25, 0.3) is 0 Å². The average molecular weight is 269 g/mol. The third-order valence-electron chi connectivity index (χ3n) is 2.94. The molecule has 1 aliphatic heterocycles. The molecular formula is C11H19N5OS. The molecule has 1 N–H and O–H groups in total. The zero-order valence-corrected chi connectivity index (χ0v) is 11.7. The van der Waals surface area contributed by atoms with Gasteiger partial charge in [0.15, 0.2) is 0 Å². The van der Waals surface area contributed by atoms with E-state index in [1.54, 1.807) is 0 Å². The van der Waals surface area contributed by atoms with Gasteiger partial charge in [0.05, 0.1) is 0 Å². The van der Waals surface area contributed by atoms with Gasteiger partial charge in [0.25, 0.3) is 5.91 Å². The van der Waals surface area contributed by atoms with E-state index in [0.717, 1.165) is 39.1 Å². The summed E-state index contributed by atoms with van der Waals surface area (Å²) in [6.07, 6.45) is 1.01. The van der Waals surface area contributed by atoms with Crippen LogP contribution < -0.4 is 5.32 Å². The Morgan fingerprint density at radius 2 is 2.17 bits per heavy atom. The quantitative estimate of drug-likeness (QED) is 0.877. The molecular weight excluding hydrogens is 250 g/mol. The molecule has 0 spiro atoms. The largest absolute Gasteiger partial charge is 0.360 e. The minimum Gasteiger partial charge on any atom is -0.360 e. The lowest BCUT2D eigenvalue weighted by Crippen LogP contribution is -2.34. The maximum Gasteiger partial charge on any atom is 0.284 e. The number of hydrogen-bond donors (Lipinski definition) is 1. The van der Waals surface area contributed by atoms with Crippen LogP contribution in [-0.4, -0.2) is 65.7 Å². The highest BCUT2D eigenvalue weighted by molar-refractivity contribution is 7.17. The molecule has 0 bridgehead atoms. The molecule has 1 amide bonds. The molecule has 0 unspecified atom stereocenters. The van der Waals surface area contributed by atoms with Gasteiger partial charge in [0.1, 0.15) is 0 Å². The van der Waals surface area contributed by atoms with Crippen LogP contribution in [0.5, 0.6) is 0 Å². The molecule has 18 heavy (non-hydrogen) atoms. The molecule has 1 aliphatic rings. The Morgan fingerprint density at radius 3 is 2.94 bits per heavy atom. The minimum atomic E-state index is 0.00644. The van der Waals surface area contributed by atoms with Gasteiger partial charge >= 0.3 is 0 Å². The summed E-state index contributed by atoms with van der Waals surface area (Å²) in [5.74, 6) is 0.00644. The summed E-state index contributed by atoms with van der Waals surface area (Å²) in [7, 11) is 2.09. The van der Waals surface area contributed by atoms with Crippen LogP contribution in [0.3, 0.4) is 0 Å². The van der Waals surface area contributed by atoms with Gasteiger partial charge in [-0.1, -0.05) is 11.3 Å². The summed E-state index contributed by atoms with van der Waals surface area (Å²) in [6.45, 7) is 6.32. The van der Waals surface area contributed by atoms with Crippen molar-refractivity contribution >= 4 is 22.4 Å². The Balaban J connectivity index is 2.00. The summed E-state index contributed by atoms with van der Waals surface area (Å²) in [5.41, 5.74) is 0. The van der Waals surface area contributed by atoms with Gasteiger partial charge in [-0.2, -0.15) is 0 Å². The second kappa shape index (κ2) is 6.10. The molecule has 0 radical (unpaired) electrons. The summed E-state index contributed by atoms with van der Waals surface area (Å²) < 4.78 is 0. The van der Waals surface area contributed by atoms with E-state index in [1.165, 1.54) is 11.3 Å². The fourth-order valence-corrected chi connectivity index (χ4v) is 2.70. The molecule has 0 aliphatic carbocycles. The van der Waals surface area contributed by atoms with Crippen molar-refractivity contribution in [3.8, 4) is 0 Å². The van der Waals surface area contributed by atoms with Crippen molar-refractivity contribution in [3.63, 3.8) is 0 Å². The number of rotatable bonds is 3. The second-order valence-corrected chi connectivity index (χ2v) is 5.37. The van der Waals surface area contributed by atoms with Gasteiger partial charge < -0.3 is 15.1 Å². The molecule has 100 valence electrons. The number of likely N-dealkylation sites (N-methyl/N-ethyl adjacent to an activating group) is 1. The predicted octanol–water partition coefficient (Wildman–Crippen LogP) is 0.748. The van der Waals surface area contributed by atoms with E-state index >= 15 is 0 Å². The minimum absolute atomic E-state index is 0.00644. The normalized spacial score (nSPS) is 17.6. The van der Waals surface area contributed by atoms with Crippen molar-refractivity contribution < 1.29 is 4.79 Å². The zero-order valence-electron chi connectivity index (χ0n) is 10.8. The highest BCUT2D eigenvalue weighted by Gasteiger charge is 2.22. The SMILES string of the molecule is CCNc1nnc(C(=O)N2CCCN(C)CC2)s1. The van der Waals surface area contributed by atoms with Gasteiger partial charge in [-0.3, -0.25) is 4.79 Å². The van der Waals surface area contributed by atoms with Crippen LogP contribution in [0, 0.1) is 0 Å². The number of anilines is 1. The third-order valence-corrected chi connectivity index (χ3v) is 3.81. The number of aromatic nitrogens is 2. The number of amides is 1. The summed E-state index contributed by atoms with van der Waals surface area (Å²) >= 11 is 1.33. The molecule has 1 aromatic heterocycles. The predicted molar refractivity (Wildman–Crippen MR) is 72.1 cm³/mol. The molecule has 0 aromatic carbocycles. The van der Waals surface area contributed by atoms with Gasteiger partial charge in [0.2, 0.25) is 10.1 Å². The first-order valence-electron chi connectivity index (χ1n) is 6.26. The van der Waals surface area contributed by atoms with E-state index in [9.17, 15) is 4.79 Å². The molecule has 2 heterocycles. The summed E-state index contributed by atoms with van der Waals surface area (Å²) in [6, 6.07) is 0. The van der Waals surface area contributed by atoms with Crippen molar-refractivity contribution in [2.45, 2.75) is 13.3 Å². The van der Waals surface area contributed by atoms with E-state index in [-0.39, 0.29) is 5.91 Å². The first-order chi connectivity index (χ1) is 8.70. The van der Waals surface area contributed by atoms with Crippen LogP contribution in [0.1, 0.15) is 23.1 Å². The Labute approximate surface area is 111 Å². The van der Waals surface area contributed by atoms with E-state index in [1.807, 2.05) is 11.8 Å². The second-order valence-electron chi connectivity index (χ2n) is 4.39. The lowest BCUT2D eigenvalue weighted by molar-refractivity contribution is 0.0761. The third kappa shape index (κ3) is 3.17. The molecule has 1 saturated heterocycles. The van der Waals surface area contributed by atoms with Crippen molar-refractivity contribution in [2.24, 2.45) is 0 Å². The highest BCUT2D eigenvalue weighted by atomic mass is 32.1. The monoisotopic (exact) mass is 269 g/mol. The summed E-state index contributed by atoms with van der Waals surface area (Å²) in [4.78, 5) is 16.4. The van der Waals surface area contributed by atoms with E-state index in [4.69, 9.17) is 0 Å². The highest BCUT2D eigenvalue weighted by Crippen LogP contribution is 2.17. The summed E-state index contributed by atoms with van der Waals surface area (Å²) in [5, 5.41) is 12.2. The number of nitrogens with one attached hydrogen (secondary N) is 1. The maximum atomic E-state index is 12.3. The van der Waals surface area contributed by atoms with Gasteiger partial charge in [-0.05, 0) is 26.9 Å². The van der Waals surface area contributed by atoms with Crippen LogP contribution in [0.4, 0.5) is 5.13 Å². The molecule has 0 atom stereocenters. The zero-order chi connectivity index (χ0) is 13.0. The van der Waals surface area contributed by atoms with E-state index in [0.29, 0.717) is 10.1 Å². The molecule has 7 heteroatoms. The average Bonchev–Trinajstić information content (AvgIpc) is 2.71. The van der Waals surface area contributed by atoms with Gasteiger partial charge in [0, 0.05) is 26.2 Å². The molecule has 2 rings (SSSR count). The first kappa shape index (κ1) is 13.2. The standard InChI is InChI=1S/C11H19N5OS/c1-3-12-11-14-13-9(18-11)10(17)16-6-4-5-15(2)7-8-16/h3-8H2,1-2H3,(H,12,14). The molecule has 6 nitrogen and oxygen atoms in total. The fraction of sp³-hybridized carbons (Fsp3) is 0.727. The van der Waals surface area contributed by atoms with E-state index in [2.05, 4.69) is 27.5 Å². The van der Waals surface area contributed by atoms with Crippen molar-refractivity contribution in [2.75, 3.05) is 45.1 Å². The van der Waals surface area contributed by atoms with Crippen molar-refractivity contribution in [3.05, 3.63) is 5.01 Å². The van der Waals surface area contributed by atoms with Crippen LogP contribution in [0.2, 0.25) is 0 Å². The lowest BCUT2D eigenvalue weighted by atomic mass is 10.4. The first-order valence-corrected chi connectivity index (χ1v) is 7.07.